The molecule has 104 valence electrons. The number of nitrogens with zero attached hydrogens (tertiary/aromatic N) is 2. The number of hydrogen-bond acceptors (Lipinski definition) is 5. The predicted octanol–water partition coefficient (Wildman–Crippen LogP) is 1.01. The molecule has 2 amide bonds. The fraction of sp³-hybridized carbons (Fsp3) is 0. The average Bonchev–Trinajstić information content (AvgIpc) is 2.49. The summed E-state index contributed by atoms with van der Waals surface area (Å²) >= 11 is 0. The van der Waals surface area contributed by atoms with Gasteiger partial charge in [0.25, 0.3) is 5.91 Å². The van der Waals surface area contributed by atoms with Gasteiger partial charge in [-0.1, -0.05) is 6.07 Å². The minimum Gasteiger partial charge on any atom is -0.504 e. The first kappa shape index (κ1) is 14.0. The highest BCUT2D eigenvalue weighted by Gasteiger charge is 2.13. The number of anilines is 1. The molecule has 0 spiro atoms. The lowest BCUT2D eigenvalue weighted by molar-refractivity contribution is 0.0993. The van der Waals surface area contributed by atoms with E-state index in [4.69, 9.17) is 11.0 Å². The van der Waals surface area contributed by atoms with E-state index >= 15 is 0 Å². The highest BCUT2D eigenvalue weighted by Crippen LogP contribution is 2.26. The number of nitrogens with two attached hydrogens (primary N) is 1. The smallest absolute Gasteiger partial charge is 0.274 e. The molecule has 7 heteroatoms. The topological polar surface area (TPSA) is 129 Å². The van der Waals surface area contributed by atoms with Crippen LogP contribution in [-0.2, 0) is 0 Å². The van der Waals surface area contributed by atoms with Crippen molar-refractivity contribution in [2.45, 2.75) is 0 Å². The van der Waals surface area contributed by atoms with Crippen LogP contribution in [0.1, 0.15) is 26.4 Å². The summed E-state index contributed by atoms with van der Waals surface area (Å²) in [4.78, 5) is 26.7. The minimum atomic E-state index is -0.645. The van der Waals surface area contributed by atoms with Crippen LogP contribution < -0.4 is 11.1 Å². The van der Waals surface area contributed by atoms with Crippen molar-refractivity contribution < 1.29 is 14.7 Å². The molecule has 1 aromatic heterocycles. The molecule has 0 saturated carbocycles. The van der Waals surface area contributed by atoms with E-state index in [2.05, 4.69) is 10.3 Å². The second-order valence-corrected chi connectivity index (χ2v) is 4.06. The van der Waals surface area contributed by atoms with E-state index in [-0.39, 0.29) is 28.3 Å². The van der Waals surface area contributed by atoms with Gasteiger partial charge >= 0.3 is 0 Å². The largest absolute Gasteiger partial charge is 0.504 e. The maximum atomic E-state index is 12.0. The van der Waals surface area contributed by atoms with Crippen molar-refractivity contribution in [2.75, 3.05) is 5.32 Å². The molecule has 0 bridgehead atoms. The number of carbonyl (C=O) groups excluding carboxylic acids is 2. The molecule has 1 heterocycles. The number of amides is 2. The molecule has 0 saturated heterocycles. The molecule has 1 aromatic carbocycles. The van der Waals surface area contributed by atoms with Gasteiger partial charge in [0.1, 0.15) is 11.8 Å². The molecule has 0 aliphatic carbocycles. The first-order valence-corrected chi connectivity index (χ1v) is 5.82. The summed E-state index contributed by atoms with van der Waals surface area (Å²) in [6.07, 6.45) is 1.18. The number of phenols is 1. The van der Waals surface area contributed by atoms with Gasteiger partial charge in [-0.3, -0.25) is 14.6 Å². The molecule has 0 fully saturated rings. The molecular formula is C14H10N4O3. The van der Waals surface area contributed by atoms with Gasteiger partial charge in [-0.15, -0.1) is 0 Å². The Kier molecular flexibility index (Phi) is 3.81. The van der Waals surface area contributed by atoms with Crippen LogP contribution in [-0.4, -0.2) is 21.9 Å². The molecule has 0 aliphatic heterocycles. The number of benzene rings is 1. The molecule has 2 aromatic rings. The molecule has 4 N–H and O–H groups in total. The molecule has 21 heavy (non-hydrogen) atoms. The zero-order valence-electron chi connectivity index (χ0n) is 10.7. The van der Waals surface area contributed by atoms with Crippen LogP contribution in [0.25, 0.3) is 0 Å². The van der Waals surface area contributed by atoms with E-state index in [1.807, 2.05) is 0 Å². The van der Waals surface area contributed by atoms with Gasteiger partial charge in [-0.2, -0.15) is 5.26 Å². The molecule has 0 atom stereocenters. The first-order chi connectivity index (χ1) is 10.0. The van der Waals surface area contributed by atoms with Gasteiger partial charge in [0.15, 0.2) is 5.75 Å². The Bertz CT molecular complexity index is 748. The number of aromatic nitrogens is 1. The summed E-state index contributed by atoms with van der Waals surface area (Å²) in [6.45, 7) is 0. The number of nitriles is 1. The number of hydrogen-bond donors (Lipinski definition) is 3. The lowest BCUT2D eigenvalue weighted by Crippen LogP contribution is -2.16. The summed E-state index contributed by atoms with van der Waals surface area (Å²) in [7, 11) is 0. The Morgan fingerprint density at radius 1 is 1.29 bits per heavy atom. The fourth-order valence-corrected chi connectivity index (χ4v) is 1.59. The zero-order valence-corrected chi connectivity index (χ0v) is 10.7. The van der Waals surface area contributed by atoms with Crippen LogP contribution in [0.3, 0.4) is 0 Å². The monoisotopic (exact) mass is 282 g/mol. The van der Waals surface area contributed by atoms with Gasteiger partial charge in [0.2, 0.25) is 5.91 Å². The predicted molar refractivity (Wildman–Crippen MR) is 73.5 cm³/mol. The Labute approximate surface area is 119 Å². The summed E-state index contributed by atoms with van der Waals surface area (Å²) in [6, 6.07) is 8.90. The lowest BCUT2D eigenvalue weighted by atomic mass is 10.2. The molecular weight excluding hydrogens is 272 g/mol. The van der Waals surface area contributed by atoms with Gasteiger partial charge in [-0.05, 0) is 24.3 Å². The van der Waals surface area contributed by atoms with Crippen molar-refractivity contribution in [2.24, 2.45) is 5.73 Å². The Morgan fingerprint density at radius 3 is 2.62 bits per heavy atom. The van der Waals surface area contributed by atoms with E-state index in [0.29, 0.717) is 0 Å². The third kappa shape index (κ3) is 2.96. The van der Waals surface area contributed by atoms with Gasteiger partial charge < -0.3 is 16.2 Å². The number of nitrogens with one attached hydrogen (secondary N) is 1. The second kappa shape index (κ2) is 5.71. The SMILES string of the molecule is N#Cc1cccc(NC(=O)c2ccc(C(N)=O)cn2)c1O. The van der Waals surface area contributed by atoms with Gasteiger partial charge in [0.05, 0.1) is 16.8 Å². The Balaban J connectivity index is 2.22. The average molecular weight is 282 g/mol. The van der Waals surface area contributed by atoms with E-state index in [9.17, 15) is 14.7 Å². The van der Waals surface area contributed by atoms with Crippen LogP contribution in [0.4, 0.5) is 5.69 Å². The molecule has 0 aliphatic rings. The van der Waals surface area contributed by atoms with Crippen LogP contribution in [0.15, 0.2) is 36.5 Å². The van der Waals surface area contributed by atoms with E-state index < -0.39 is 11.8 Å². The second-order valence-electron chi connectivity index (χ2n) is 4.06. The summed E-state index contributed by atoms with van der Waals surface area (Å²) in [5.41, 5.74) is 5.44. The number of pyridine rings is 1. The number of phenolic OH excluding ortho intramolecular Hbond substituents is 1. The van der Waals surface area contributed by atoms with Gasteiger partial charge in [-0.25, -0.2) is 0 Å². The van der Waals surface area contributed by atoms with Crippen molar-refractivity contribution in [3.8, 4) is 11.8 Å². The molecule has 7 nitrogen and oxygen atoms in total. The van der Waals surface area contributed by atoms with Crippen LogP contribution in [0.2, 0.25) is 0 Å². The summed E-state index contributed by atoms with van der Waals surface area (Å²) < 4.78 is 0. The van der Waals surface area contributed by atoms with Crippen LogP contribution >= 0.6 is 0 Å². The molecule has 0 unspecified atom stereocenters. The lowest BCUT2D eigenvalue weighted by Gasteiger charge is -2.07. The Morgan fingerprint density at radius 2 is 2.05 bits per heavy atom. The van der Waals surface area contributed by atoms with Crippen molar-refractivity contribution in [1.82, 2.24) is 4.98 Å². The van der Waals surface area contributed by atoms with Crippen LogP contribution in [0.5, 0.6) is 5.75 Å². The van der Waals surface area contributed by atoms with E-state index in [1.165, 1.54) is 36.5 Å². The molecule has 2 rings (SSSR count). The Hall–Kier alpha value is -3.40. The fourth-order valence-electron chi connectivity index (χ4n) is 1.59. The highest BCUT2D eigenvalue weighted by molar-refractivity contribution is 6.04. The van der Waals surface area contributed by atoms with Gasteiger partial charge in [0, 0.05) is 6.20 Å². The number of rotatable bonds is 3. The normalized spacial score (nSPS) is 9.67. The van der Waals surface area contributed by atoms with E-state index in [1.54, 1.807) is 6.07 Å². The first-order valence-electron chi connectivity index (χ1n) is 5.82. The van der Waals surface area contributed by atoms with Crippen molar-refractivity contribution >= 4 is 17.5 Å². The van der Waals surface area contributed by atoms with E-state index in [0.717, 1.165) is 0 Å². The third-order valence-corrected chi connectivity index (χ3v) is 2.69. The van der Waals surface area contributed by atoms with Crippen molar-refractivity contribution in [3.63, 3.8) is 0 Å². The number of aromatic hydroxyl groups is 1. The maximum Gasteiger partial charge on any atom is 0.274 e. The summed E-state index contributed by atoms with van der Waals surface area (Å²) in [5.74, 6) is -1.55. The number of para-hydroxylation sites is 1. The van der Waals surface area contributed by atoms with Crippen molar-refractivity contribution in [3.05, 3.63) is 53.3 Å². The van der Waals surface area contributed by atoms with Crippen LogP contribution in [0, 0.1) is 11.3 Å². The summed E-state index contributed by atoms with van der Waals surface area (Å²) in [5, 5.41) is 21.0. The van der Waals surface area contributed by atoms with Crippen molar-refractivity contribution in [1.29, 1.82) is 5.26 Å². The maximum absolute atomic E-state index is 12.0. The number of primary amides is 1. The minimum absolute atomic E-state index is 0.0433. The number of carbonyl (C=O) groups is 2. The molecule has 0 radical (unpaired) electrons. The highest BCUT2D eigenvalue weighted by atomic mass is 16.3. The standard InChI is InChI=1S/C14H10N4O3/c15-6-8-2-1-3-10(12(8)19)18-14(21)11-5-4-9(7-17-11)13(16)20/h1-5,7,19H,(H2,16,20)(H,18,21). The zero-order chi connectivity index (χ0) is 15.4. The third-order valence-electron chi connectivity index (χ3n) is 2.69. The quantitative estimate of drug-likeness (QED) is 0.723.